The molecule has 0 radical (unpaired) electrons. The highest BCUT2D eigenvalue weighted by atomic mass is 35.5. The summed E-state index contributed by atoms with van der Waals surface area (Å²) in [7, 11) is 0. The van der Waals surface area contributed by atoms with Crippen LogP contribution in [0.5, 0.6) is 5.88 Å². The van der Waals surface area contributed by atoms with Gasteiger partial charge < -0.3 is 15.1 Å². The Morgan fingerprint density at radius 3 is 3.00 bits per heavy atom. The molecule has 18 heavy (non-hydrogen) atoms. The maximum Gasteiger partial charge on any atom is 0.341 e. The summed E-state index contributed by atoms with van der Waals surface area (Å²) in [6, 6.07) is 4.59. The van der Waals surface area contributed by atoms with E-state index in [1.165, 1.54) is 12.3 Å². The number of hydrogen-bond donors (Lipinski definition) is 2. The Balaban J connectivity index is 2.30. The Kier molecular flexibility index (Phi) is 3.33. The first-order valence-electron chi connectivity index (χ1n) is 4.82. The van der Waals surface area contributed by atoms with E-state index in [0.717, 1.165) is 0 Å². The van der Waals surface area contributed by atoms with Crippen LogP contribution in [-0.2, 0) is 4.79 Å². The fourth-order valence-electron chi connectivity index (χ4n) is 1.29. The van der Waals surface area contributed by atoms with Crippen LogP contribution >= 0.6 is 11.6 Å². The molecular formula is C10H8ClN3O4. The Morgan fingerprint density at radius 2 is 2.33 bits per heavy atom. The standard InChI is InChI=1S/C10H8ClN3O4/c11-6-2-1-3-12-10(6)7-4-8(13-14(7)17)18-5-9(15)16/h1-4,17H,5H2,(H,15,16). The molecular weight excluding hydrogens is 262 g/mol. The summed E-state index contributed by atoms with van der Waals surface area (Å²) >= 11 is 5.92. The minimum atomic E-state index is -1.14. The van der Waals surface area contributed by atoms with Gasteiger partial charge in [0.05, 0.1) is 5.02 Å². The number of pyridine rings is 1. The zero-order chi connectivity index (χ0) is 13.1. The average Bonchev–Trinajstić information content (AvgIpc) is 2.69. The average molecular weight is 270 g/mol. The third-order valence-corrected chi connectivity index (χ3v) is 2.32. The summed E-state index contributed by atoms with van der Waals surface area (Å²) in [5.74, 6) is -1.17. The van der Waals surface area contributed by atoms with Crippen molar-refractivity contribution < 1.29 is 19.8 Å². The second-order valence-electron chi connectivity index (χ2n) is 3.27. The molecule has 0 saturated carbocycles. The monoisotopic (exact) mass is 269 g/mol. The highest BCUT2D eigenvalue weighted by Gasteiger charge is 2.14. The Bertz CT molecular complexity index is 584. The van der Waals surface area contributed by atoms with Crippen LogP contribution in [-0.4, -0.2) is 37.8 Å². The summed E-state index contributed by atoms with van der Waals surface area (Å²) < 4.78 is 4.83. The number of aliphatic carboxylic acids is 1. The first kappa shape index (κ1) is 12.2. The molecule has 0 bridgehead atoms. The van der Waals surface area contributed by atoms with Crippen molar-refractivity contribution in [3.05, 3.63) is 29.4 Å². The quantitative estimate of drug-likeness (QED) is 0.812. The van der Waals surface area contributed by atoms with Gasteiger partial charge in [-0.25, -0.2) is 4.79 Å². The van der Waals surface area contributed by atoms with Crippen molar-refractivity contribution in [1.29, 1.82) is 0 Å². The predicted octanol–water partition coefficient (Wildman–Crippen LogP) is 1.30. The largest absolute Gasteiger partial charge is 0.479 e. The molecule has 2 heterocycles. The number of carboxylic acids is 1. The number of nitrogens with zero attached hydrogens (tertiary/aromatic N) is 3. The van der Waals surface area contributed by atoms with Gasteiger partial charge in [-0.05, 0) is 12.1 Å². The summed E-state index contributed by atoms with van der Waals surface area (Å²) in [5.41, 5.74) is 0.528. The predicted molar refractivity (Wildman–Crippen MR) is 60.8 cm³/mol. The van der Waals surface area contributed by atoms with Gasteiger partial charge in [-0.1, -0.05) is 21.5 Å². The number of halogens is 1. The van der Waals surface area contributed by atoms with Crippen molar-refractivity contribution in [2.45, 2.75) is 0 Å². The third-order valence-electron chi connectivity index (χ3n) is 2.01. The molecule has 0 aliphatic rings. The lowest BCUT2D eigenvalue weighted by Crippen LogP contribution is -2.09. The third kappa shape index (κ3) is 2.51. The molecule has 0 spiro atoms. The number of carbonyl (C=O) groups is 1. The number of hydrogen-bond acceptors (Lipinski definition) is 5. The lowest BCUT2D eigenvalue weighted by Gasteiger charge is -2.00. The smallest absolute Gasteiger partial charge is 0.341 e. The van der Waals surface area contributed by atoms with Crippen LogP contribution in [0.25, 0.3) is 11.4 Å². The lowest BCUT2D eigenvalue weighted by atomic mass is 10.3. The summed E-state index contributed by atoms with van der Waals surface area (Å²) in [4.78, 5) is 14.9. The molecule has 0 amide bonds. The van der Waals surface area contributed by atoms with Crippen molar-refractivity contribution in [2.75, 3.05) is 6.61 Å². The topological polar surface area (TPSA) is 97.5 Å². The van der Waals surface area contributed by atoms with Crippen LogP contribution < -0.4 is 4.74 Å². The highest BCUT2D eigenvalue weighted by Crippen LogP contribution is 2.27. The maximum absolute atomic E-state index is 10.3. The van der Waals surface area contributed by atoms with Crippen LogP contribution in [0.1, 0.15) is 0 Å². The second-order valence-corrected chi connectivity index (χ2v) is 3.68. The van der Waals surface area contributed by atoms with E-state index in [-0.39, 0.29) is 11.6 Å². The van der Waals surface area contributed by atoms with E-state index in [1.807, 2.05) is 0 Å². The molecule has 0 aromatic carbocycles. The van der Waals surface area contributed by atoms with Crippen LogP contribution in [0.3, 0.4) is 0 Å². The SMILES string of the molecule is O=C(O)COc1cc(-c2ncccc2Cl)n(O)n1. The molecule has 0 saturated heterocycles. The molecule has 2 aromatic rings. The number of aromatic nitrogens is 3. The molecule has 94 valence electrons. The van der Waals surface area contributed by atoms with Crippen molar-refractivity contribution in [3.8, 4) is 17.3 Å². The molecule has 2 rings (SSSR count). The van der Waals surface area contributed by atoms with Crippen LogP contribution in [0.2, 0.25) is 5.02 Å². The van der Waals surface area contributed by atoms with Gasteiger partial charge in [-0.15, -0.1) is 0 Å². The number of carboxylic acid groups (broad SMARTS) is 1. The van der Waals surface area contributed by atoms with E-state index in [4.69, 9.17) is 21.4 Å². The normalized spacial score (nSPS) is 10.3. The first-order chi connectivity index (χ1) is 8.58. The Morgan fingerprint density at radius 1 is 1.56 bits per heavy atom. The van der Waals surface area contributed by atoms with Crippen molar-refractivity contribution in [2.24, 2.45) is 0 Å². The number of ether oxygens (including phenoxy) is 1. The van der Waals surface area contributed by atoms with Gasteiger partial charge in [-0.3, -0.25) is 4.98 Å². The van der Waals surface area contributed by atoms with E-state index in [2.05, 4.69) is 10.1 Å². The zero-order valence-electron chi connectivity index (χ0n) is 8.95. The minimum absolute atomic E-state index is 0.0309. The Labute approximate surface area is 106 Å². The highest BCUT2D eigenvalue weighted by molar-refractivity contribution is 6.32. The van der Waals surface area contributed by atoms with Crippen LogP contribution in [0, 0.1) is 0 Å². The molecule has 8 heteroatoms. The van der Waals surface area contributed by atoms with E-state index in [1.54, 1.807) is 12.1 Å². The molecule has 0 atom stereocenters. The van der Waals surface area contributed by atoms with Gasteiger partial charge in [-0.2, -0.15) is 0 Å². The fourth-order valence-corrected chi connectivity index (χ4v) is 1.51. The van der Waals surface area contributed by atoms with Gasteiger partial charge in [0, 0.05) is 12.3 Å². The maximum atomic E-state index is 10.3. The van der Waals surface area contributed by atoms with Crippen molar-refractivity contribution >= 4 is 17.6 Å². The van der Waals surface area contributed by atoms with Gasteiger partial charge in [0.15, 0.2) is 6.61 Å². The van der Waals surface area contributed by atoms with E-state index in [9.17, 15) is 10.0 Å². The van der Waals surface area contributed by atoms with E-state index < -0.39 is 12.6 Å². The van der Waals surface area contributed by atoms with Gasteiger partial charge in [0.2, 0.25) is 5.88 Å². The van der Waals surface area contributed by atoms with Crippen LogP contribution in [0.4, 0.5) is 0 Å². The fraction of sp³-hybridized carbons (Fsp3) is 0.100. The number of rotatable bonds is 4. The molecule has 0 aliphatic heterocycles. The summed E-state index contributed by atoms with van der Waals surface area (Å²) in [5, 5.41) is 21.9. The molecule has 0 fully saturated rings. The Hall–Kier alpha value is -2.28. The minimum Gasteiger partial charge on any atom is -0.479 e. The summed E-state index contributed by atoms with van der Waals surface area (Å²) in [6.07, 6.45) is 1.51. The second kappa shape index (κ2) is 4.92. The van der Waals surface area contributed by atoms with E-state index >= 15 is 0 Å². The van der Waals surface area contributed by atoms with Gasteiger partial charge in [0.1, 0.15) is 11.4 Å². The molecule has 0 aliphatic carbocycles. The molecule has 2 N–H and O–H groups in total. The first-order valence-corrected chi connectivity index (χ1v) is 5.20. The van der Waals surface area contributed by atoms with Crippen molar-refractivity contribution in [1.82, 2.24) is 14.9 Å². The molecule has 7 nitrogen and oxygen atoms in total. The molecule has 2 aromatic heterocycles. The molecule has 0 unspecified atom stereocenters. The van der Waals surface area contributed by atoms with Crippen molar-refractivity contribution in [3.63, 3.8) is 0 Å². The van der Waals surface area contributed by atoms with E-state index in [0.29, 0.717) is 15.6 Å². The van der Waals surface area contributed by atoms with Gasteiger partial charge in [0.25, 0.3) is 0 Å². The lowest BCUT2D eigenvalue weighted by molar-refractivity contribution is -0.139. The zero-order valence-corrected chi connectivity index (χ0v) is 9.70. The van der Waals surface area contributed by atoms with Gasteiger partial charge >= 0.3 is 5.97 Å². The van der Waals surface area contributed by atoms with Crippen LogP contribution in [0.15, 0.2) is 24.4 Å². The summed E-state index contributed by atoms with van der Waals surface area (Å²) in [6.45, 7) is -0.549.